The first-order valence-corrected chi connectivity index (χ1v) is 10.6. The van der Waals surface area contributed by atoms with Gasteiger partial charge in [-0.1, -0.05) is 23.2 Å². The van der Waals surface area contributed by atoms with Gasteiger partial charge in [-0.25, -0.2) is 0 Å². The molecule has 170 valence electrons. The van der Waals surface area contributed by atoms with Crippen LogP contribution in [0.5, 0.6) is 11.5 Å². The minimum Gasteiger partial charge on any atom is -0.493 e. The number of anilines is 1. The number of nitro benzene ring substituents is 1. The van der Waals surface area contributed by atoms with Crippen LogP contribution < -0.4 is 14.8 Å². The molecule has 0 bridgehead atoms. The van der Waals surface area contributed by atoms with E-state index in [1.165, 1.54) is 36.3 Å². The zero-order chi connectivity index (χ0) is 23.4. The summed E-state index contributed by atoms with van der Waals surface area (Å²) >= 11 is 12.0. The number of likely N-dealkylation sites (tertiary alicyclic amines) is 1. The number of carbonyl (C=O) groups excluding carboxylic acids is 2. The van der Waals surface area contributed by atoms with Gasteiger partial charge in [-0.05, 0) is 38.0 Å². The third-order valence-electron chi connectivity index (χ3n) is 4.96. The van der Waals surface area contributed by atoms with Crippen molar-refractivity contribution in [1.82, 2.24) is 4.90 Å². The maximum absolute atomic E-state index is 13.3. The standard InChI is InChI=1S/C21H21Cl2N3O6/c1-3-32-19-10-15(17(26(29)30)11-18(19)31-2)21(28)25-6-4-5-16(25)20(27)24-14-8-12(22)7-13(23)9-14/h7-11,16H,3-6H2,1-2H3,(H,24,27). The van der Waals surface area contributed by atoms with Crippen LogP contribution in [0.15, 0.2) is 30.3 Å². The SMILES string of the molecule is CCOc1cc(C(=O)N2CCCC2C(=O)Nc2cc(Cl)cc(Cl)c2)c([N+](=O)[O-])cc1OC. The van der Waals surface area contributed by atoms with Gasteiger partial charge in [0.2, 0.25) is 5.91 Å². The minimum absolute atomic E-state index is 0.142. The van der Waals surface area contributed by atoms with Crippen molar-refractivity contribution in [3.8, 4) is 11.5 Å². The van der Waals surface area contributed by atoms with E-state index in [0.717, 1.165) is 6.07 Å². The fraction of sp³-hybridized carbons (Fsp3) is 0.333. The molecule has 0 radical (unpaired) electrons. The maximum atomic E-state index is 13.3. The Hall–Kier alpha value is -3.04. The van der Waals surface area contributed by atoms with Gasteiger partial charge in [0.15, 0.2) is 11.5 Å². The predicted molar refractivity (Wildman–Crippen MR) is 120 cm³/mol. The quantitative estimate of drug-likeness (QED) is 0.458. The summed E-state index contributed by atoms with van der Waals surface area (Å²) in [6, 6.07) is 6.23. The van der Waals surface area contributed by atoms with Crippen LogP contribution in [0.1, 0.15) is 30.1 Å². The molecule has 1 heterocycles. The fourth-order valence-electron chi connectivity index (χ4n) is 3.59. The number of halogens is 2. The van der Waals surface area contributed by atoms with Crippen LogP contribution in [0.3, 0.4) is 0 Å². The molecule has 2 amide bonds. The van der Waals surface area contributed by atoms with E-state index in [0.29, 0.717) is 28.6 Å². The number of rotatable bonds is 7. The molecule has 1 aliphatic rings. The Morgan fingerprint density at radius 1 is 1.19 bits per heavy atom. The van der Waals surface area contributed by atoms with Crippen molar-refractivity contribution in [3.63, 3.8) is 0 Å². The number of nitrogens with one attached hydrogen (secondary N) is 1. The van der Waals surface area contributed by atoms with Crippen LogP contribution in [0.4, 0.5) is 11.4 Å². The number of amides is 2. The molecule has 32 heavy (non-hydrogen) atoms. The fourth-order valence-corrected chi connectivity index (χ4v) is 4.11. The highest BCUT2D eigenvalue weighted by atomic mass is 35.5. The van der Waals surface area contributed by atoms with Gasteiger partial charge < -0.3 is 19.7 Å². The number of benzene rings is 2. The van der Waals surface area contributed by atoms with Gasteiger partial charge in [-0.3, -0.25) is 19.7 Å². The largest absolute Gasteiger partial charge is 0.493 e. The Morgan fingerprint density at radius 2 is 1.88 bits per heavy atom. The van der Waals surface area contributed by atoms with E-state index in [1.54, 1.807) is 6.92 Å². The van der Waals surface area contributed by atoms with Gasteiger partial charge in [0.1, 0.15) is 11.6 Å². The maximum Gasteiger partial charge on any atom is 0.286 e. The molecule has 2 aromatic carbocycles. The Kier molecular flexibility index (Phi) is 7.42. The molecule has 1 fully saturated rings. The van der Waals surface area contributed by atoms with Crippen molar-refractivity contribution >= 4 is 46.4 Å². The average molecular weight is 482 g/mol. The summed E-state index contributed by atoms with van der Waals surface area (Å²) in [4.78, 5) is 38.5. The van der Waals surface area contributed by atoms with Crippen molar-refractivity contribution in [2.45, 2.75) is 25.8 Å². The zero-order valence-corrected chi connectivity index (χ0v) is 18.9. The molecule has 1 N–H and O–H groups in total. The third-order valence-corrected chi connectivity index (χ3v) is 5.39. The zero-order valence-electron chi connectivity index (χ0n) is 17.4. The number of hydrogen-bond acceptors (Lipinski definition) is 6. The van der Waals surface area contributed by atoms with Gasteiger partial charge in [0, 0.05) is 28.3 Å². The molecule has 0 aromatic heterocycles. The lowest BCUT2D eigenvalue weighted by Crippen LogP contribution is -2.43. The Labute approximate surface area is 194 Å². The monoisotopic (exact) mass is 481 g/mol. The van der Waals surface area contributed by atoms with E-state index in [-0.39, 0.29) is 30.2 Å². The van der Waals surface area contributed by atoms with Crippen LogP contribution in [-0.2, 0) is 4.79 Å². The number of nitro groups is 1. The van der Waals surface area contributed by atoms with Crippen molar-refractivity contribution in [3.05, 3.63) is 56.1 Å². The number of ether oxygens (including phenoxy) is 2. The van der Waals surface area contributed by atoms with Crippen molar-refractivity contribution in [1.29, 1.82) is 0 Å². The normalized spacial score (nSPS) is 15.4. The van der Waals surface area contributed by atoms with E-state index in [9.17, 15) is 19.7 Å². The van der Waals surface area contributed by atoms with Crippen LogP contribution in [-0.4, -0.2) is 47.9 Å². The number of carbonyl (C=O) groups is 2. The molecular formula is C21H21Cl2N3O6. The Balaban J connectivity index is 1.91. The van der Waals surface area contributed by atoms with Crippen molar-refractivity contribution in [2.24, 2.45) is 0 Å². The Bertz CT molecular complexity index is 1040. The smallest absolute Gasteiger partial charge is 0.286 e. The molecule has 1 unspecified atom stereocenters. The van der Waals surface area contributed by atoms with Crippen LogP contribution >= 0.6 is 23.2 Å². The molecule has 9 nitrogen and oxygen atoms in total. The van der Waals surface area contributed by atoms with Crippen LogP contribution in [0, 0.1) is 10.1 Å². The summed E-state index contributed by atoms with van der Waals surface area (Å²) in [7, 11) is 1.35. The average Bonchev–Trinajstić information content (AvgIpc) is 3.22. The number of nitrogens with zero attached hydrogens (tertiary/aromatic N) is 2. The van der Waals surface area contributed by atoms with Gasteiger partial charge >= 0.3 is 0 Å². The molecular weight excluding hydrogens is 461 g/mol. The van der Waals surface area contributed by atoms with E-state index in [1.807, 2.05) is 0 Å². The summed E-state index contributed by atoms with van der Waals surface area (Å²) in [6.07, 6.45) is 0.983. The molecule has 3 rings (SSSR count). The molecule has 1 aliphatic heterocycles. The van der Waals surface area contributed by atoms with Gasteiger partial charge in [-0.2, -0.15) is 0 Å². The van der Waals surface area contributed by atoms with Gasteiger partial charge in [-0.15, -0.1) is 0 Å². The van der Waals surface area contributed by atoms with Crippen LogP contribution in [0.2, 0.25) is 10.0 Å². The van der Waals surface area contributed by atoms with E-state index >= 15 is 0 Å². The van der Waals surface area contributed by atoms with Crippen LogP contribution in [0.25, 0.3) is 0 Å². The molecule has 1 atom stereocenters. The first-order chi connectivity index (χ1) is 15.2. The minimum atomic E-state index is -0.808. The second-order valence-electron chi connectivity index (χ2n) is 7.01. The lowest BCUT2D eigenvalue weighted by atomic mass is 10.1. The Morgan fingerprint density at radius 3 is 2.47 bits per heavy atom. The summed E-state index contributed by atoms with van der Waals surface area (Å²) in [5.41, 5.74) is -0.214. The molecule has 0 spiro atoms. The summed E-state index contributed by atoms with van der Waals surface area (Å²) in [5, 5.41) is 15.0. The molecule has 2 aromatic rings. The number of methoxy groups -OCH3 is 1. The molecule has 1 saturated heterocycles. The predicted octanol–water partition coefficient (Wildman–Crippen LogP) is 4.55. The van der Waals surface area contributed by atoms with E-state index < -0.39 is 28.5 Å². The molecule has 0 saturated carbocycles. The van der Waals surface area contributed by atoms with E-state index in [4.69, 9.17) is 32.7 Å². The lowest BCUT2D eigenvalue weighted by molar-refractivity contribution is -0.385. The number of hydrogen-bond donors (Lipinski definition) is 1. The highest BCUT2D eigenvalue weighted by Gasteiger charge is 2.37. The molecule has 11 heteroatoms. The highest BCUT2D eigenvalue weighted by Crippen LogP contribution is 2.36. The third kappa shape index (κ3) is 5.05. The van der Waals surface area contributed by atoms with Gasteiger partial charge in [0.05, 0.1) is 24.7 Å². The highest BCUT2D eigenvalue weighted by molar-refractivity contribution is 6.35. The van der Waals surface area contributed by atoms with Gasteiger partial charge in [0.25, 0.3) is 11.6 Å². The topological polar surface area (TPSA) is 111 Å². The summed E-state index contributed by atoms with van der Waals surface area (Å²) in [5.74, 6) is -0.723. The lowest BCUT2D eigenvalue weighted by Gasteiger charge is -2.24. The first-order valence-electron chi connectivity index (χ1n) is 9.82. The van der Waals surface area contributed by atoms with Crippen molar-refractivity contribution in [2.75, 3.05) is 25.6 Å². The van der Waals surface area contributed by atoms with E-state index in [2.05, 4.69) is 5.32 Å². The summed E-state index contributed by atoms with van der Waals surface area (Å²) in [6.45, 7) is 2.30. The molecule has 0 aliphatic carbocycles. The second kappa shape index (κ2) is 10.1. The van der Waals surface area contributed by atoms with Crippen molar-refractivity contribution < 1.29 is 24.0 Å². The summed E-state index contributed by atoms with van der Waals surface area (Å²) < 4.78 is 10.6. The second-order valence-corrected chi connectivity index (χ2v) is 7.89. The first kappa shape index (κ1) is 23.6.